The van der Waals surface area contributed by atoms with Crippen LogP contribution in [-0.4, -0.2) is 5.91 Å². The molecule has 1 heterocycles. The lowest BCUT2D eigenvalue weighted by atomic mass is 10.0. The molecule has 0 spiro atoms. The molecule has 0 saturated carbocycles. The van der Waals surface area contributed by atoms with Gasteiger partial charge < -0.3 is 9.73 Å². The van der Waals surface area contributed by atoms with Crippen LogP contribution >= 0.6 is 0 Å². The van der Waals surface area contributed by atoms with Crippen molar-refractivity contribution in [2.45, 2.75) is 33.6 Å². The topological polar surface area (TPSA) is 59.3 Å². The van der Waals surface area contributed by atoms with E-state index in [9.17, 15) is 9.59 Å². The van der Waals surface area contributed by atoms with Crippen molar-refractivity contribution < 1.29 is 9.21 Å². The Morgan fingerprint density at radius 2 is 1.65 bits per heavy atom. The predicted octanol–water partition coefficient (Wildman–Crippen LogP) is 5.18. The third-order valence-electron chi connectivity index (χ3n) is 4.38. The molecule has 0 fully saturated rings. The maximum absolute atomic E-state index is 12.5. The van der Waals surface area contributed by atoms with Crippen LogP contribution in [-0.2, 0) is 4.79 Å². The van der Waals surface area contributed by atoms with E-state index in [0.29, 0.717) is 28.3 Å². The molecule has 0 aliphatic carbocycles. The third-order valence-corrected chi connectivity index (χ3v) is 4.38. The van der Waals surface area contributed by atoms with Gasteiger partial charge in [0.2, 0.25) is 5.91 Å². The van der Waals surface area contributed by atoms with Gasteiger partial charge in [-0.05, 0) is 29.7 Å². The van der Waals surface area contributed by atoms with E-state index < -0.39 is 0 Å². The van der Waals surface area contributed by atoms with E-state index in [2.05, 4.69) is 31.3 Å². The van der Waals surface area contributed by atoms with E-state index in [1.807, 2.05) is 26.0 Å². The summed E-state index contributed by atoms with van der Waals surface area (Å²) in [7, 11) is 0. The lowest BCUT2D eigenvalue weighted by molar-refractivity contribution is -0.118. The molecule has 1 N–H and O–H groups in total. The van der Waals surface area contributed by atoms with Gasteiger partial charge in [-0.15, -0.1) is 0 Å². The minimum absolute atomic E-state index is 0.0874. The summed E-state index contributed by atoms with van der Waals surface area (Å²) < 4.78 is 5.92. The van der Waals surface area contributed by atoms with Gasteiger partial charge in [0.05, 0.1) is 5.39 Å². The maximum Gasteiger partial charge on any atom is 0.226 e. The molecule has 3 aromatic rings. The first-order valence-electron chi connectivity index (χ1n) is 8.84. The Morgan fingerprint density at radius 1 is 0.962 bits per heavy atom. The molecule has 1 aromatic heterocycles. The molecule has 4 heteroatoms. The van der Waals surface area contributed by atoms with Gasteiger partial charge in [-0.2, -0.15) is 0 Å². The van der Waals surface area contributed by atoms with Gasteiger partial charge in [0.1, 0.15) is 11.3 Å². The SMILES string of the molecule is CC(C)C(=O)Nc1ccc2oc(-c3ccc(C(C)C)cc3)cc(=O)c2c1. The highest BCUT2D eigenvalue weighted by molar-refractivity contribution is 5.94. The summed E-state index contributed by atoms with van der Waals surface area (Å²) in [6, 6.07) is 14.7. The molecule has 0 aliphatic heterocycles. The van der Waals surface area contributed by atoms with Crippen molar-refractivity contribution in [3.63, 3.8) is 0 Å². The molecule has 26 heavy (non-hydrogen) atoms. The van der Waals surface area contributed by atoms with Crippen LogP contribution in [0.15, 0.2) is 57.7 Å². The van der Waals surface area contributed by atoms with Crippen LogP contribution in [0.2, 0.25) is 0 Å². The molecule has 1 amide bonds. The minimum atomic E-state index is -0.130. The zero-order chi connectivity index (χ0) is 18.8. The Bertz CT molecular complexity index is 998. The summed E-state index contributed by atoms with van der Waals surface area (Å²) in [6.45, 7) is 7.92. The van der Waals surface area contributed by atoms with E-state index >= 15 is 0 Å². The molecule has 2 aromatic carbocycles. The summed E-state index contributed by atoms with van der Waals surface area (Å²) in [5.41, 5.74) is 3.07. The summed E-state index contributed by atoms with van der Waals surface area (Å²) in [5.74, 6) is 0.776. The first-order chi connectivity index (χ1) is 12.3. The second-order valence-corrected chi connectivity index (χ2v) is 7.11. The average Bonchev–Trinajstić information content (AvgIpc) is 2.62. The molecule has 0 bridgehead atoms. The van der Waals surface area contributed by atoms with Gasteiger partial charge in [-0.25, -0.2) is 0 Å². The van der Waals surface area contributed by atoms with Crippen molar-refractivity contribution in [3.8, 4) is 11.3 Å². The molecule has 0 unspecified atom stereocenters. The van der Waals surface area contributed by atoms with Crippen LogP contribution in [0.1, 0.15) is 39.2 Å². The van der Waals surface area contributed by atoms with Crippen molar-refractivity contribution in [2.75, 3.05) is 5.32 Å². The minimum Gasteiger partial charge on any atom is -0.456 e. The molecule has 4 nitrogen and oxygen atoms in total. The highest BCUT2D eigenvalue weighted by Gasteiger charge is 2.11. The van der Waals surface area contributed by atoms with Crippen LogP contribution in [0.4, 0.5) is 5.69 Å². The van der Waals surface area contributed by atoms with Gasteiger partial charge >= 0.3 is 0 Å². The van der Waals surface area contributed by atoms with Crippen LogP contribution in [0, 0.1) is 5.92 Å². The van der Waals surface area contributed by atoms with Crippen LogP contribution < -0.4 is 10.7 Å². The number of benzene rings is 2. The molecule has 0 saturated heterocycles. The van der Waals surface area contributed by atoms with Crippen molar-refractivity contribution in [2.24, 2.45) is 5.92 Å². The van der Waals surface area contributed by atoms with Gasteiger partial charge in [0.15, 0.2) is 5.43 Å². The summed E-state index contributed by atoms with van der Waals surface area (Å²) >= 11 is 0. The fraction of sp³-hybridized carbons (Fsp3) is 0.273. The molecular formula is C22H23NO3. The van der Waals surface area contributed by atoms with Gasteiger partial charge in [0.25, 0.3) is 0 Å². The highest BCUT2D eigenvalue weighted by Crippen LogP contribution is 2.25. The second-order valence-electron chi connectivity index (χ2n) is 7.11. The maximum atomic E-state index is 12.5. The number of fused-ring (bicyclic) bond motifs is 1. The number of carbonyl (C=O) groups excluding carboxylic acids is 1. The Labute approximate surface area is 152 Å². The number of hydrogen-bond acceptors (Lipinski definition) is 3. The first-order valence-corrected chi connectivity index (χ1v) is 8.84. The van der Waals surface area contributed by atoms with Crippen LogP contribution in [0.5, 0.6) is 0 Å². The van der Waals surface area contributed by atoms with Gasteiger partial charge in [-0.1, -0.05) is 52.0 Å². The smallest absolute Gasteiger partial charge is 0.226 e. The van der Waals surface area contributed by atoms with E-state index in [-0.39, 0.29) is 17.3 Å². The number of nitrogens with one attached hydrogen (secondary N) is 1. The Hall–Kier alpha value is -2.88. The molecule has 0 radical (unpaired) electrons. The molecule has 0 aliphatic rings. The zero-order valence-electron chi connectivity index (χ0n) is 15.5. The number of amides is 1. The van der Waals surface area contributed by atoms with Gasteiger partial charge in [-0.3, -0.25) is 9.59 Å². The van der Waals surface area contributed by atoms with Crippen LogP contribution in [0.3, 0.4) is 0 Å². The summed E-state index contributed by atoms with van der Waals surface area (Å²) in [6.07, 6.45) is 0. The van der Waals surface area contributed by atoms with Crippen molar-refractivity contribution in [3.05, 3.63) is 64.3 Å². The number of rotatable bonds is 4. The Morgan fingerprint density at radius 3 is 2.27 bits per heavy atom. The summed E-state index contributed by atoms with van der Waals surface area (Å²) in [5, 5.41) is 3.26. The van der Waals surface area contributed by atoms with Gasteiger partial charge in [0, 0.05) is 23.2 Å². The second kappa shape index (κ2) is 7.16. The van der Waals surface area contributed by atoms with E-state index in [1.54, 1.807) is 18.2 Å². The molecular weight excluding hydrogens is 326 g/mol. The quantitative estimate of drug-likeness (QED) is 0.706. The number of hydrogen-bond donors (Lipinski definition) is 1. The normalized spacial score (nSPS) is 11.3. The monoisotopic (exact) mass is 349 g/mol. The fourth-order valence-electron chi connectivity index (χ4n) is 2.70. The predicted molar refractivity (Wildman–Crippen MR) is 105 cm³/mol. The third kappa shape index (κ3) is 3.69. The van der Waals surface area contributed by atoms with Crippen molar-refractivity contribution in [1.29, 1.82) is 0 Å². The van der Waals surface area contributed by atoms with Crippen LogP contribution in [0.25, 0.3) is 22.3 Å². The highest BCUT2D eigenvalue weighted by atomic mass is 16.3. The first kappa shape index (κ1) is 17.9. The van der Waals surface area contributed by atoms with E-state index in [1.165, 1.54) is 11.6 Å². The van der Waals surface area contributed by atoms with Crippen molar-refractivity contribution in [1.82, 2.24) is 0 Å². The molecule has 0 atom stereocenters. The Kier molecular flexibility index (Phi) is 4.94. The standard InChI is InChI=1S/C22H23NO3/c1-13(2)15-5-7-16(8-6-15)21-12-19(24)18-11-17(9-10-20(18)26-21)23-22(25)14(3)4/h5-14H,1-4H3,(H,23,25). The number of carbonyl (C=O) groups is 1. The largest absolute Gasteiger partial charge is 0.456 e. The van der Waals surface area contributed by atoms with Crippen molar-refractivity contribution >= 4 is 22.6 Å². The lowest BCUT2D eigenvalue weighted by Gasteiger charge is -2.09. The van der Waals surface area contributed by atoms with E-state index in [4.69, 9.17) is 4.42 Å². The number of anilines is 1. The summed E-state index contributed by atoms with van der Waals surface area (Å²) in [4.78, 5) is 24.4. The van der Waals surface area contributed by atoms with E-state index in [0.717, 1.165) is 5.56 Å². The lowest BCUT2D eigenvalue weighted by Crippen LogP contribution is -2.17. The average molecular weight is 349 g/mol. The molecule has 3 rings (SSSR count). The fourth-order valence-corrected chi connectivity index (χ4v) is 2.70. The molecule has 134 valence electrons. The Balaban J connectivity index is 1.98. The zero-order valence-corrected chi connectivity index (χ0v) is 15.5.